The van der Waals surface area contributed by atoms with E-state index in [1.54, 1.807) is 0 Å². The lowest BCUT2D eigenvalue weighted by atomic mass is 10.2. The first-order valence-corrected chi connectivity index (χ1v) is 6.07. The average molecular weight is 214 g/mol. The molecule has 0 aliphatic rings. The van der Waals surface area contributed by atoms with Gasteiger partial charge in [-0.1, -0.05) is 0 Å². The minimum atomic E-state index is -0.555. The van der Waals surface area contributed by atoms with Crippen LogP contribution < -0.4 is 11.1 Å². The second-order valence-electron chi connectivity index (χ2n) is 3.01. The molecule has 80 valence electrons. The summed E-state index contributed by atoms with van der Waals surface area (Å²) >= 11 is 1.81. The number of carbonyl (C=O) groups excluding carboxylic acids is 1. The number of hydrogen-bond donors (Lipinski definition) is 2. The van der Waals surface area contributed by atoms with Crippen molar-refractivity contribution in [3.8, 4) is 12.3 Å². The first kappa shape index (κ1) is 13.3. The Morgan fingerprint density at radius 1 is 1.64 bits per heavy atom. The lowest BCUT2D eigenvalue weighted by Crippen LogP contribution is -2.40. The molecule has 0 bridgehead atoms. The fraction of sp³-hybridized carbons (Fsp3) is 0.700. The molecule has 0 aromatic rings. The van der Waals surface area contributed by atoms with Gasteiger partial charge in [0.05, 0.1) is 6.04 Å². The largest absolute Gasteiger partial charge is 0.355 e. The molecule has 0 fully saturated rings. The van der Waals surface area contributed by atoms with E-state index in [0.29, 0.717) is 13.0 Å². The number of amides is 1. The highest BCUT2D eigenvalue weighted by atomic mass is 32.2. The van der Waals surface area contributed by atoms with Crippen molar-refractivity contribution in [3.63, 3.8) is 0 Å². The minimum Gasteiger partial charge on any atom is -0.355 e. The van der Waals surface area contributed by atoms with Gasteiger partial charge in [-0.25, -0.2) is 0 Å². The highest BCUT2D eigenvalue weighted by Gasteiger charge is 2.10. The van der Waals surface area contributed by atoms with Gasteiger partial charge in [-0.2, -0.15) is 11.8 Å². The maximum absolute atomic E-state index is 11.2. The Balaban J connectivity index is 3.40. The van der Waals surface area contributed by atoms with E-state index in [9.17, 15) is 4.79 Å². The van der Waals surface area contributed by atoms with Crippen LogP contribution >= 0.6 is 11.8 Å². The van der Waals surface area contributed by atoms with Crippen LogP contribution in [0.4, 0.5) is 0 Å². The molecule has 14 heavy (non-hydrogen) atoms. The maximum Gasteiger partial charge on any atom is 0.237 e. The van der Waals surface area contributed by atoms with Crippen LogP contribution in [0.1, 0.15) is 19.3 Å². The summed E-state index contributed by atoms with van der Waals surface area (Å²) in [5, 5.41) is 2.76. The number of nitrogens with one attached hydrogen (secondary N) is 1. The molecule has 0 radical (unpaired) electrons. The number of thioether (sulfide) groups is 1. The Morgan fingerprint density at radius 3 is 2.93 bits per heavy atom. The van der Waals surface area contributed by atoms with E-state index >= 15 is 0 Å². The van der Waals surface area contributed by atoms with Crippen molar-refractivity contribution in [2.24, 2.45) is 5.73 Å². The Kier molecular flexibility index (Phi) is 8.50. The fourth-order valence-electron chi connectivity index (χ4n) is 0.934. The van der Waals surface area contributed by atoms with Crippen LogP contribution in [0.25, 0.3) is 0 Å². The fourth-order valence-corrected chi connectivity index (χ4v) is 1.43. The molecule has 4 heteroatoms. The number of carbonyl (C=O) groups is 1. The Hall–Kier alpha value is -0.660. The van der Waals surface area contributed by atoms with Gasteiger partial charge in [0, 0.05) is 13.0 Å². The van der Waals surface area contributed by atoms with Gasteiger partial charge in [-0.3, -0.25) is 4.79 Å². The molecule has 3 nitrogen and oxygen atoms in total. The molecule has 0 aliphatic carbocycles. The zero-order valence-corrected chi connectivity index (χ0v) is 9.40. The molecule has 1 unspecified atom stereocenters. The van der Waals surface area contributed by atoms with E-state index in [0.717, 1.165) is 18.6 Å². The molecule has 1 atom stereocenters. The highest BCUT2D eigenvalue weighted by molar-refractivity contribution is 7.98. The van der Waals surface area contributed by atoms with E-state index in [1.165, 1.54) is 0 Å². The van der Waals surface area contributed by atoms with Gasteiger partial charge in [-0.15, -0.1) is 12.3 Å². The third-order valence-electron chi connectivity index (χ3n) is 1.75. The average Bonchev–Trinajstić information content (AvgIpc) is 2.17. The molecule has 0 aliphatic heterocycles. The Labute approximate surface area is 90.2 Å². The molecule has 0 aromatic carbocycles. The minimum absolute atomic E-state index is 0.146. The zero-order chi connectivity index (χ0) is 10.8. The van der Waals surface area contributed by atoms with Crippen molar-refractivity contribution in [1.82, 2.24) is 5.32 Å². The lowest BCUT2D eigenvalue weighted by Gasteiger charge is -2.08. The highest BCUT2D eigenvalue weighted by Crippen LogP contribution is 1.97. The first-order valence-electron chi connectivity index (χ1n) is 4.68. The van der Waals surface area contributed by atoms with Gasteiger partial charge in [0.15, 0.2) is 0 Å². The molecule has 0 heterocycles. The smallest absolute Gasteiger partial charge is 0.237 e. The summed E-state index contributed by atoms with van der Waals surface area (Å²) in [5.74, 6) is 3.35. The Morgan fingerprint density at radius 2 is 2.36 bits per heavy atom. The third kappa shape index (κ3) is 6.81. The van der Waals surface area contributed by atoms with Gasteiger partial charge in [0.1, 0.15) is 0 Å². The van der Waals surface area contributed by atoms with Crippen molar-refractivity contribution in [2.75, 3.05) is 18.6 Å². The zero-order valence-electron chi connectivity index (χ0n) is 8.58. The molecular formula is C10H18N2OS. The number of rotatable bonds is 7. The van der Waals surface area contributed by atoms with Gasteiger partial charge in [-0.05, 0) is 24.9 Å². The summed E-state index contributed by atoms with van der Waals surface area (Å²) in [6.07, 6.45) is 9.53. The van der Waals surface area contributed by atoms with Crippen molar-refractivity contribution in [1.29, 1.82) is 0 Å². The number of nitrogens with two attached hydrogens (primary N) is 1. The van der Waals surface area contributed by atoms with Crippen molar-refractivity contribution < 1.29 is 4.79 Å². The number of terminal acetylenes is 1. The molecule has 0 rings (SSSR count). The molecule has 0 aromatic heterocycles. The molecule has 0 saturated heterocycles. The van der Waals surface area contributed by atoms with E-state index in [-0.39, 0.29) is 5.91 Å². The quantitative estimate of drug-likeness (QED) is 0.482. The van der Waals surface area contributed by atoms with E-state index in [1.807, 2.05) is 11.8 Å². The van der Waals surface area contributed by atoms with Gasteiger partial charge in [0.25, 0.3) is 0 Å². The van der Waals surface area contributed by atoms with Crippen molar-refractivity contribution >= 4 is 17.7 Å². The molecule has 3 N–H and O–H groups in total. The van der Waals surface area contributed by atoms with Crippen LogP contribution in [-0.4, -0.2) is 30.5 Å². The standard InChI is InChI=1S/C10H18N2OS/c1-3-6-9(11)10(13)12-7-4-5-8-14-2/h1,9H,4-8,11H2,2H3,(H,12,13). The van der Waals surface area contributed by atoms with Crippen molar-refractivity contribution in [2.45, 2.75) is 25.3 Å². The Bertz CT molecular complexity index is 201. The predicted octanol–water partition coefficient (Wildman–Crippen LogP) is 0.596. The summed E-state index contributed by atoms with van der Waals surface area (Å²) in [7, 11) is 0. The monoisotopic (exact) mass is 214 g/mol. The summed E-state index contributed by atoms with van der Waals surface area (Å²) in [5.41, 5.74) is 5.51. The van der Waals surface area contributed by atoms with Crippen LogP contribution in [0, 0.1) is 12.3 Å². The topological polar surface area (TPSA) is 55.1 Å². The SMILES string of the molecule is C#CCC(N)C(=O)NCCCCSC. The van der Waals surface area contributed by atoms with Crippen molar-refractivity contribution in [3.05, 3.63) is 0 Å². The van der Waals surface area contributed by atoms with E-state index in [4.69, 9.17) is 12.2 Å². The summed E-state index contributed by atoms with van der Waals surface area (Å²) in [4.78, 5) is 11.2. The summed E-state index contributed by atoms with van der Waals surface area (Å²) < 4.78 is 0. The van der Waals surface area contributed by atoms with Gasteiger partial charge < -0.3 is 11.1 Å². The number of unbranched alkanes of at least 4 members (excludes halogenated alkanes) is 1. The normalized spacial score (nSPS) is 11.8. The van der Waals surface area contributed by atoms with Crippen LogP contribution in [0.2, 0.25) is 0 Å². The summed E-state index contributed by atoms with van der Waals surface area (Å²) in [6, 6.07) is -0.555. The number of hydrogen-bond acceptors (Lipinski definition) is 3. The van der Waals surface area contributed by atoms with Gasteiger partial charge in [0.2, 0.25) is 5.91 Å². The molecular weight excluding hydrogens is 196 g/mol. The van der Waals surface area contributed by atoms with Crippen LogP contribution in [-0.2, 0) is 4.79 Å². The molecule has 1 amide bonds. The van der Waals surface area contributed by atoms with E-state index in [2.05, 4.69) is 17.5 Å². The van der Waals surface area contributed by atoms with E-state index < -0.39 is 6.04 Å². The molecule has 0 spiro atoms. The maximum atomic E-state index is 11.2. The predicted molar refractivity (Wildman–Crippen MR) is 62.1 cm³/mol. The van der Waals surface area contributed by atoms with Gasteiger partial charge >= 0.3 is 0 Å². The first-order chi connectivity index (χ1) is 6.72. The molecule has 0 saturated carbocycles. The second kappa shape index (κ2) is 8.92. The second-order valence-corrected chi connectivity index (χ2v) is 3.99. The van der Waals surface area contributed by atoms with Crippen LogP contribution in [0.3, 0.4) is 0 Å². The van der Waals surface area contributed by atoms with Crippen LogP contribution in [0.15, 0.2) is 0 Å². The van der Waals surface area contributed by atoms with Crippen LogP contribution in [0.5, 0.6) is 0 Å². The third-order valence-corrected chi connectivity index (χ3v) is 2.45. The summed E-state index contributed by atoms with van der Waals surface area (Å²) in [6.45, 7) is 0.692. The lowest BCUT2D eigenvalue weighted by molar-refractivity contribution is -0.122.